The lowest BCUT2D eigenvalue weighted by atomic mass is 10.1. The number of carbonyl (C=O) groups excluding carboxylic acids is 1. The first-order valence-electron chi connectivity index (χ1n) is 7.54. The Morgan fingerprint density at radius 1 is 1.08 bits per heavy atom. The Bertz CT molecular complexity index is 718. The van der Waals surface area contributed by atoms with Crippen LogP contribution in [0.1, 0.15) is 23.7 Å². The fourth-order valence-corrected chi connectivity index (χ4v) is 2.47. The first-order chi connectivity index (χ1) is 11.6. The summed E-state index contributed by atoms with van der Waals surface area (Å²) in [6, 6.07) is 10.6. The Morgan fingerprint density at radius 2 is 1.88 bits per heavy atom. The van der Waals surface area contributed by atoms with Crippen LogP contribution in [0.4, 0.5) is 5.69 Å². The number of methoxy groups -OCH3 is 2. The van der Waals surface area contributed by atoms with Crippen LogP contribution >= 0.6 is 15.9 Å². The zero-order chi connectivity index (χ0) is 17.5. The van der Waals surface area contributed by atoms with Crippen LogP contribution in [0.5, 0.6) is 17.2 Å². The van der Waals surface area contributed by atoms with Crippen LogP contribution in [0.3, 0.4) is 0 Å². The van der Waals surface area contributed by atoms with Crippen molar-refractivity contribution in [3.05, 3.63) is 46.4 Å². The predicted octanol–water partition coefficient (Wildman–Crippen LogP) is 4.51. The molecule has 0 spiro atoms. The lowest BCUT2D eigenvalue weighted by molar-refractivity contribution is 0.102. The van der Waals surface area contributed by atoms with Crippen LogP contribution in [0.15, 0.2) is 40.9 Å². The average Bonchev–Trinajstić information content (AvgIpc) is 2.60. The number of anilines is 1. The van der Waals surface area contributed by atoms with E-state index in [-0.39, 0.29) is 5.91 Å². The minimum Gasteiger partial charge on any atom is -0.497 e. The Morgan fingerprint density at radius 3 is 2.54 bits per heavy atom. The van der Waals surface area contributed by atoms with Crippen molar-refractivity contribution >= 4 is 27.5 Å². The van der Waals surface area contributed by atoms with E-state index in [1.807, 2.05) is 13.0 Å². The van der Waals surface area contributed by atoms with Gasteiger partial charge in [-0.2, -0.15) is 0 Å². The summed E-state index contributed by atoms with van der Waals surface area (Å²) in [4.78, 5) is 12.7. The topological polar surface area (TPSA) is 56.8 Å². The summed E-state index contributed by atoms with van der Waals surface area (Å²) in [7, 11) is 3.12. The molecule has 6 heteroatoms. The van der Waals surface area contributed by atoms with E-state index in [9.17, 15) is 4.79 Å². The van der Waals surface area contributed by atoms with Crippen molar-refractivity contribution in [2.24, 2.45) is 0 Å². The molecular weight excluding hydrogens is 374 g/mol. The van der Waals surface area contributed by atoms with Crippen LogP contribution < -0.4 is 19.5 Å². The molecule has 0 aliphatic carbocycles. The highest BCUT2D eigenvalue weighted by Crippen LogP contribution is 2.31. The van der Waals surface area contributed by atoms with Crippen molar-refractivity contribution in [2.75, 3.05) is 26.1 Å². The molecule has 24 heavy (non-hydrogen) atoms. The average molecular weight is 394 g/mol. The Balaban J connectivity index is 2.28. The van der Waals surface area contributed by atoms with E-state index in [0.717, 1.165) is 10.9 Å². The van der Waals surface area contributed by atoms with Crippen LogP contribution in [-0.4, -0.2) is 26.7 Å². The minimum absolute atomic E-state index is 0.272. The number of benzene rings is 2. The molecule has 0 bridgehead atoms. The van der Waals surface area contributed by atoms with Gasteiger partial charge >= 0.3 is 0 Å². The van der Waals surface area contributed by atoms with Gasteiger partial charge in [-0.25, -0.2) is 0 Å². The smallest absolute Gasteiger partial charge is 0.259 e. The Hall–Kier alpha value is -2.21. The monoisotopic (exact) mass is 393 g/mol. The van der Waals surface area contributed by atoms with Gasteiger partial charge in [0, 0.05) is 10.5 Å². The molecular formula is C18H20BrNO4. The van der Waals surface area contributed by atoms with E-state index in [4.69, 9.17) is 14.2 Å². The molecule has 0 atom stereocenters. The largest absolute Gasteiger partial charge is 0.497 e. The van der Waals surface area contributed by atoms with Crippen molar-refractivity contribution in [1.29, 1.82) is 0 Å². The molecule has 0 saturated heterocycles. The van der Waals surface area contributed by atoms with Crippen molar-refractivity contribution in [2.45, 2.75) is 13.3 Å². The van der Waals surface area contributed by atoms with Crippen molar-refractivity contribution < 1.29 is 19.0 Å². The second kappa shape index (κ2) is 8.59. The molecule has 0 aliphatic rings. The summed E-state index contributed by atoms with van der Waals surface area (Å²) in [5, 5.41) is 2.85. The summed E-state index contributed by atoms with van der Waals surface area (Å²) in [6.45, 7) is 2.56. The van der Waals surface area contributed by atoms with Gasteiger partial charge in [-0.3, -0.25) is 4.79 Å². The third-order valence-electron chi connectivity index (χ3n) is 3.30. The van der Waals surface area contributed by atoms with Crippen LogP contribution in [0, 0.1) is 0 Å². The Labute approximate surface area is 150 Å². The highest BCUT2D eigenvalue weighted by Gasteiger charge is 2.16. The van der Waals surface area contributed by atoms with Gasteiger partial charge in [0.05, 0.1) is 32.1 Å². The number of rotatable bonds is 7. The highest BCUT2D eigenvalue weighted by molar-refractivity contribution is 9.10. The zero-order valence-electron chi connectivity index (χ0n) is 13.9. The van der Waals surface area contributed by atoms with Gasteiger partial charge in [0.15, 0.2) is 0 Å². The zero-order valence-corrected chi connectivity index (χ0v) is 15.5. The summed E-state index contributed by atoms with van der Waals surface area (Å²) in [5.41, 5.74) is 1.01. The van der Waals surface area contributed by atoms with Gasteiger partial charge in [0.25, 0.3) is 5.91 Å². The summed E-state index contributed by atoms with van der Waals surface area (Å²) < 4.78 is 16.9. The second-order valence-electron chi connectivity index (χ2n) is 5.01. The summed E-state index contributed by atoms with van der Waals surface area (Å²) in [6.07, 6.45) is 0.865. The quantitative estimate of drug-likeness (QED) is 0.751. The summed E-state index contributed by atoms with van der Waals surface area (Å²) in [5.74, 6) is 1.45. The molecule has 2 aromatic carbocycles. The van der Waals surface area contributed by atoms with Crippen LogP contribution in [-0.2, 0) is 0 Å². The molecule has 1 N–H and O–H groups in total. The molecule has 128 valence electrons. The lowest BCUT2D eigenvalue weighted by Gasteiger charge is -2.14. The molecule has 0 unspecified atom stereocenters. The third kappa shape index (κ3) is 4.41. The maximum absolute atomic E-state index is 12.7. The number of hydrogen-bond donors (Lipinski definition) is 1. The highest BCUT2D eigenvalue weighted by atomic mass is 79.9. The SMILES string of the molecule is CCCOc1ccc(Br)cc1C(=O)Nc1ccc(OC)cc1OC. The lowest BCUT2D eigenvalue weighted by Crippen LogP contribution is -2.14. The Kier molecular flexibility index (Phi) is 6.49. The number of ether oxygens (including phenoxy) is 3. The van der Waals surface area contributed by atoms with E-state index in [1.165, 1.54) is 0 Å². The number of amides is 1. The third-order valence-corrected chi connectivity index (χ3v) is 3.80. The van der Waals surface area contributed by atoms with Crippen LogP contribution in [0.25, 0.3) is 0 Å². The van der Waals surface area contributed by atoms with Crippen molar-refractivity contribution in [1.82, 2.24) is 0 Å². The predicted molar refractivity (Wildman–Crippen MR) is 97.4 cm³/mol. The van der Waals surface area contributed by atoms with Gasteiger partial charge in [0.2, 0.25) is 0 Å². The maximum Gasteiger partial charge on any atom is 0.259 e. The van der Waals surface area contributed by atoms with Gasteiger partial charge in [-0.15, -0.1) is 0 Å². The van der Waals surface area contributed by atoms with E-state index >= 15 is 0 Å². The molecule has 0 aromatic heterocycles. The molecule has 2 rings (SSSR count). The molecule has 5 nitrogen and oxygen atoms in total. The fourth-order valence-electron chi connectivity index (χ4n) is 2.11. The molecule has 0 aliphatic heterocycles. The van der Waals surface area contributed by atoms with Crippen molar-refractivity contribution in [3.8, 4) is 17.2 Å². The number of halogens is 1. The van der Waals surface area contributed by atoms with Gasteiger partial charge in [-0.05, 0) is 36.8 Å². The molecule has 0 saturated carbocycles. The first kappa shape index (κ1) is 18.1. The summed E-state index contributed by atoms with van der Waals surface area (Å²) >= 11 is 3.39. The molecule has 1 amide bonds. The van der Waals surface area contributed by atoms with Gasteiger partial charge in [0.1, 0.15) is 17.2 Å². The van der Waals surface area contributed by atoms with E-state index in [2.05, 4.69) is 21.2 Å². The maximum atomic E-state index is 12.7. The molecule has 0 fully saturated rings. The van der Waals surface area contributed by atoms with E-state index in [1.54, 1.807) is 44.6 Å². The van der Waals surface area contributed by atoms with E-state index in [0.29, 0.717) is 35.1 Å². The van der Waals surface area contributed by atoms with Gasteiger partial charge < -0.3 is 19.5 Å². The van der Waals surface area contributed by atoms with Crippen LogP contribution in [0.2, 0.25) is 0 Å². The molecule has 2 aromatic rings. The first-order valence-corrected chi connectivity index (χ1v) is 8.34. The molecule has 0 heterocycles. The standard InChI is InChI=1S/C18H20BrNO4/c1-4-9-24-16-8-5-12(19)10-14(16)18(21)20-15-7-6-13(22-2)11-17(15)23-3/h5-8,10-11H,4,9H2,1-3H3,(H,20,21). The van der Waals surface area contributed by atoms with E-state index < -0.39 is 0 Å². The minimum atomic E-state index is -0.272. The fraction of sp³-hybridized carbons (Fsp3) is 0.278. The second-order valence-corrected chi connectivity index (χ2v) is 5.92. The number of hydrogen-bond acceptors (Lipinski definition) is 4. The number of nitrogens with one attached hydrogen (secondary N) is 1. The molecule has 0 radical (unpaired) electrons. The van der Waals surface area contributed by atoms with Crippen molar-refractivity contribution in [3.63, 3.8) is 0 Å². The number of carbonyl (C=O) groups is 1. The normalized spacial score (nSPS) is 10.2. The van der Waals surface area contributed by atoms with Gasteiger partial charge in [-0.1, -0.05) is 22.9 Å².